The van der Waals surface area contributed by atoms with Gasteiger partial charge in [0.25, 0.3) is 5.89 Å². The first-order valence-corrected chi connectivity index (χ1v) is 2.68. The highest BCUT2D eigenvalue weighted by molar-refractivity contribution is 5.48. The van der Waals surface area contributed by atoms with Gasteiger partial charge in [0.2, 0.25) is 6.39 Å². The molecule has 0 bridgehead atoms. The van der Waals surface area contributed by atoms with Gasteiger partial charge in [-0.25, -0.2) is 0 Å². The molecule has 1 radical (unpaired) electrons. The highest BCUT2D eigenvalue weighted by Gasteiger charge is 2.02. The largest absolute Gasteiger partial charge is 0.460 e. The third-order valence-electron chi connectivity index (χ3n) is 1.08. The van der Waals surface area contributed by atoms with Crippen molar-refractivity contribution >= 4 is 0 Å². The monoisotopic (exact) mass is 135 g/mol. The van der Waals surface area contributed by atoms with Crippen LogP contribution in [-0.2, 0) is 0 Å². The van der Waals surface area contributed by atoms with Crippen molar-refractivity contribution in [2.45, 2.75) is 0 Å². The Hall–Kier alpha value is -1.58. The maximum Gasteiger partial charge on any atom is 0.250 e. The molecule has 0 aliphatic heterocycles. The van der Waals surface area contributed by atoms with Gasteiger partial charge in [-0.2, -0.15) is 0 Å². The lowest BCUT2D eigenvalue weighted by Crippen LogP contribution is -1.70. The van der Waals surface area contributed by atoms with E-state index in [0.717, 1.165) is 5.56 Å². The van der Waals surface area contributed by atoms with E-state index in [9.17, 15) is 0 Å². The van der Waals surface area contributed by atoms with E-state index in [0.29, 0.717) is 5.89 Å². The Morgan fingerprint density at radius 2 is 2.50 bits per heavy atom. The van der Waals surface area contributed by atoms with Crippen LogP contribution in [0.25, 0.3) is 11.5 Å². The molecule has 0 amide bonds. The maximum atomic E-state index is 4.88. The van der Waals surface area contributed by atoms with Crippen molar-refractivity contribution in [1.29, 1.82) is 0 Å². The van der Waals surface area contributed by atoms with E-state index >= 15 is 0 Å². The zero-order chi connectivity index (χ0) is 6.81. The van der Waals surface area contributed by atoms with E-state index in [1.807, 2.05) is 0 Å². The van der Waals surface area contributed by atoms with Crippen LogP contribution in [0.15, 0.2) is 27.6 Å². The van der Waals surface area contributed by atoms with E-state index in [1.165, 1.54) is 12.7 Å². The molecule has 2 aromatic heterocycles. The lowest BCUT2D eigenvalue weighted by atomic mass is 10.3. The van der Waals surface area contributed by atoms with Gasteiger partial charge in [-0.15, -0.1) is 10.2 Å². The van der Waals surface area contributed by atoms with Crippen LogP contribution < -0.4 is 0 Å². The molecule has 10 heavy (non-hydrogen) atoms. The van der Waals surface area contributed by atoms with Crippen molar-refractivity contribution < 1.29 is 8.83 Å². The second-order valence-corrected chi connectivity index (χ2v) is 1.70. The van der Waals surface area contributed by atoms with E-state index in [1.54, 1.807) is 6.07 Å². The molecular formula is C6H3N2O2. The fourth-order valence-corrected chi connectivity index (χ4v) is 0.640. The van der Waals surface area contributed by atoms with E-state index < -0.39 is 0 Å². The second-order valence-electron chi connectivity index (χ2n) is 1.70. The topological polar surface area (TPSA) is 52.1 Å². The molecular weight excluding hydrogens is 132 g/mol. The number of rotatable bonds is 1. The second kappa shape index (κ2) is 1.98. The molecule has 0 aliphatic rings. The van der Waals surface area contributed by atoms with Crippen molar-refractivity contribution in [1.82, 2.24) is 10.2 Å². The smallest absolute Gasteiger partial charge is 0.250 e. The highest BCUT2D eigenvalue weighted by atomic mass is 16.4. The molecule has 0 aromatic carbocycles. The Balaban J connectivity index is 2.48. The summed E-state index contributed by atoms with van der Waals surface area (Å²) in [6.45, 7) is 0. The third-order valence-corrected chi connectivity index (χ3v) is 1.08. The molecule has 0 N–H and O–H groups in total. The van der Waals surface area contributed by atoms with Crippen LogP contribution in [0.4, 0.5) is 0 Å². The van der Waals surface area contributed by atoms with Gasteiger partial charge in [-0.05, 0) is 0 Å². The standard InChI is InChI=1S/C6H3N2O2/c1-2-9-3-5(1)6-8-7-4-10-6/h1,3-4H. The third kappa shape index (κ3) is 0.699. The fraction of sp³-hybridized carbons (Fsp3) is 0. The van der Waals surface area contributed by atoms with Crippen molar-refractivity contribution in [3.8, 4) is 11.5 Å². The van der Waals surface area contributed by atoms with Crippen molar-refractivity contribution in [2.24, 2.45) is 0 Å². The number of hydrogen-bond donors (Lipinski definition) is 0. The summed E-state index contributed by atoms with van der Waals surface area (Å²) < 4.78 is 9.56. The van der Waals surface area contributed by atoms with Crippen LogP contribution in [0.1, 0.15) is 0 Å². The van der Waals surface area contributed by atoms with E-state index in [-0.39, 0.29) is 0 Å². The summed E-state index contributed by atoms with van der Waals surface area (Å²) in [7, 11) is 0. The minimum absolute atomic E-state index is 0.449. The normalized spacial score (nSPS) is 10.0. The predicted octanol–water partition coefficient (Wildman–Crippen LogP) is 1.13. The number of nitrogens with zero attached hydrogens (tertiary/aromatic N) is 2. The SMILES string of the molecule is [c]1cc(-c2nnco2)co1. The fourth-order valence-electron chi connectivity index (χ4n) is 0.640. The van der Waals surface area contributed by atoms with Crippen LogP contribution in [0.2, 0.25) is 0 Å². The molecule has 0 aliphatic carbocycles. The summed E-state index contributed by atoms with van der Waals surface area (Å²) in [5, 5.41) is 7.17. The van der Waals surface area contributed by atoms with Crippen LogP contribution in [0, 0.1) is 6.26 Å². The lowest BCUT2D eigenvalue weighted by molar-refractivity contribution is 0.550. The molecule has 2 rings (SSSR count). The van der Waals surface area contributed by atoms with Crippen molar-refractivity contribution in [3.63, 3.8) is 0 Å². The molecule has 4 nitrogen and oxygen atoms in total. The van der Waals surface area contributed by atoms with E-state index in [2.05, 4.69) is 20.9 Å². The molecule has 0 unspecified atom stereocenters. The van der Waals surface area contributed by atoms with Gasteiger partial charge in [-0.1, -0.05) is 0 Å². The first-order chi connectivity index (χ1) is 4.97. The van der Waals surface area contributed by atoms with Gasteiger partial charge in [-0.3, -0.25) is 0 Å². The molecule has 49 valence electrons. The Kier molecular flexibility index (Phi) is 1.04. The summed E-state index contributed by atoms with van der Waals surface area (Å²) >= 11 is 0. The zero-order valence-electron chi connectivity index (χ0n) is 4.94. The van der Waals surface area contributed by atoms with Gasteiger partial charge in [0.05, 0.1) is 5.56 Å². The number of hydrogen-bond acceptors (Lipinski definition) is 4. The predicted molar refractivity (Wildman–Crippen MR) is 30.8 cm³/mol. The first-order valence-electron chi connectivity index (χ1n) is 2.68. The van der Waals surface area contributed by atoms with Gasteiger partial charge < -0.3 is 8.83 Å². The van der Waals surface area contributed by atoms with Crippen molar-refractivity contribution in [2.75, 3.05) is 0 Å². The average Bonchev–Trinajstić information content (AvgIpc) is 2.59. The van der Waals surface area contributed by atoms with Gasteiger partial charge >= 0.3 is 0 Å². The molecule has 0 atom stereocenters. The van der Waals surface area contributed by atoms with Gasteiger partial charge in [0, 0.05) is 6.07 Å². The summed E-state index contributed by atoms with van der Waals surface area (Å²) in [4.78, 5) is 0. The van der Waals surface area contributed by atoms with E-state index in [4.69, 9.17) is 4.42 Å². The zero-order valence-corrected chi connectivity index (χ0v) is 4.94. The van der Waals surface area contributed by atoms with Crippen LogP contribution in [0.3, 0.4) is 0 Å². The molecule has 2 heterocycles. The minimum Gasteiger partial charge on any atom is -0.460 e. The average molecular weight is 135 g/mol. The summed E-state index contributed by atoms with van der Waals surface area (Å²) in [6.07, 6.45) is 5.28. The Bertz CT molecular complexity index is 253. The summed E-state index contributed by atoms with van der Waals surface area (Å²) in [5.41, 5.74) is 0.748. The van der Waals surface area contributed by atoms with Crippen LogP contribution >= 0.6 is 0 Å². The Morgan fingerprint density at radius 3 is 3.10 bits per heavy atom. The van der Waals surface area contributed by atoms with Crippen LogP contribution in [0.5, 0.6) is 0 Å². The van der Waals surface area contributed by atoms with Crippen LogP contribution in [-0.4, -0.2) is 10.2 Å². The molecule has 4 heteroatoms. The maximum absolute atomic E-state index is 4.88. The summed E-state index contributed by atoms with van der Waals surface area (Å²) in [5.74, 6) is 0.449. The highest BCUT2D eigenvalue weighted by Crippen LogP contribution is 2.14. The molecule has 0 fully saturated rings. The molecule has 0 spiro atoms. The number of aromatic nitrogens is 2. The Morgan fingerprint density at radius 1 is 1.50 bits per heavy atom. The lowest BCUT2D eigenvalue weighted by Gasteiger charge is -1.79. The quantitative estimate of drug-likeness (QED) is 0.588. The summed E-state index contributed by atoms with van der Waals surface area (Å²) in [6, 6.07) is 1.63. The minimum atomic E-state index is 0.449. The number of furan rings is 1. The Labute approximate surface area is 56.5 Å². The molecule has 0 saturated heterocycles. The first kappa shape index (κ1) is 5.22. The van der Waals surface area contributed by atoms with Gasteiger partial charge in [0.1, 0.15) is 6.26 Å². The van der Waals surface area contributed by atoms with Crippen molar-refractivity contribution in [3.05, 3.63) is 25.0 Å². The molecule has 0 saturated carbocycles. The molecule has 2 aromatic rings. The van der Waals surface area contributed by atoms with Gasteiger partial charge in [0.15, 0.2) is 6.26 Å².